The van der Waals surface area contributed by atoms with E-state index in [0.29, 0.717) is 11.4 Å². The molecule has 22 heavy (non-hydrogen) atoms. The summed E-state index contributed by atoms with van der Waals surface area (Å²) in [6, 6.07) is 8.49. The van der Waals surface area contributed by atoms with Gasteiger partial charge in [-0.3, -0.25) is 9.59 Å². The van der Waals surface area contributed by atoms with Gasteiger partial charge in [0.05, 0.1) is 0 Å². The van der Waals surface area contributed by atoms with Gasteiger partial charge in [-0.1, -0.05) is 27.2 Å². The summed E-state index contributed by atoms with van der Waals surface area (Å²) in [5.41, 5.74) is 0.525. The highest BCUT2D eigenvalue weighted by Crippen LogP contribution is 2.15. The lowest BCUT2D eigenvalue weighted by molar-refractivity contribution is -0.117. The number of carbonyl (C=O) groups excluding carboxylic acids is 2. The van der Waals surface area contributed by atoms with Gasteiger partial charge in [0.15, 0.2) is 5.82 Å². The van der Waals surface area contributed by atoms with Crippen LogP contribution in [0, 0.1) is 0 Å². The van der Waals surface area contributed by atoms with Crippen LogP contribution in [0.3, 0.4) is 0 Å². The quantitative estimate of drug-likeness (QED) is 0.883. The van der Waals surface area contributed by atoms with Gasteiger partial charge in [0, 0.05) is 22.1 Å². The van der Waals surface area contributed by atoms with E-state index in [9.17, 15) is 9.59 Å². The molecule has 1 N–H and O–H groups in total. The van der Waals surface area contributed by atoms with E-state index in [-0.39, 0.29) is 24.4 Å². The number of rotatable bonds is 5. The van der Waals surface area contributed by atoms with E-state index in [1.807, 2.05) is 19.9 Å². The summed E-state index contributed by atoms with van der Waals surface area (Å²) in [7, 11) is 0. The third-order valence-electron chi connectivity index (χ3n) is 2.98. The largest absolute Gasteiger partial charge is 0.363 e. The predicted molar refractivity (Wildman–Crippen MR) is 85.4 cm³/mol. The summed E-state index contributed by atoms with van der Waals surface area (Å²) in [5, 5.41) is 6.18. The summed E-state index contributed by atoms with van der Waals surface area (Å²) in [4.78, 5) is 26.1. The highest BCUT2D eigenvalue weighted by atomic mass is 79.9. The number of nitrogens with one attached hydrogen (secondary N) is 1. The number of aromatic nitrogens is 1. The Kier molecular flexibility index (Phi) is 5.32. The molecular weight excluding hydrogens is 350 g/mol. The van der Waals surface area contributed by atoms with Crippen LogP contribution in [0.4, 0.5) is 5.82 Å². The van der Waals surface area contributed by atoms with Crippen molar-refractivity contribution >= 4 is 33.6 Å². The minimum absolute atomic E-state index is 0.0596. The van der Waals surface area contributed by atoms with E-state index < -0.39 is 0 Å². The topological polar surface area (TPSA) is 75.4 Å². The van der Waals surface area contributed by atoms with Crippen LogP contribution in [-0.2, 0) is 4.79 Å². The van der Waals surface area contributed by atoms with Gasteiger partial charge < -0.3 is 14.7 Å². The first kappa shape index (κ1) is 16.2. The van der Waals surface area contributed by atoms with Gasteiger partial charge in [0.2, 0.25) is 5.91 Å². The zero-order chi connectivity index (χ0) is 16.1. The third-order valence-corrected chi connectivity index (χ3v) is 3.47. The zero-order valence-electron chi connectivity index (χ0n) is 12.2. The van der Waals surface area contributed by atoms with E-state index >= 15 is 0 Å². The fraction of sp³-hybridized carbons (Fsp3) is 0.267. The molecule has 2 amide bonds. The number of hydrogen-bond donors (Lipinski definition) is 1. The smallest absolute Gasteiger partial charge is 0.254 e. The summed E-state index contributed by atoms with van der Waals surface area (Å²) in [6.07, 6.45) is 1.36. The summed E-state index contributed by atoms with van der Waals surface area (Å²) in [6.45, 7) is 3.66. The fourth-order valence-corrected chi connectivity index (χ4v) is 2.29. The molecule has 116 valence electrons. The number of anilines is 1. The Balaban J connectivity index is 2.09. The van der Waals surface area contributed by atoms with Crippen molar-refractivity contribution in [1.29, 1.82) is 0 Å². The Morgan fingerprint density at radius 2 is 2.14 bits per heavy atom. The lowest BCUT2D eigenvalue weighted by atomic mass is 10.1. The van der Waals surface area contributed by atoms with E-state index in [2.05, 4.69) is 30.9 Å². The van der Waals surface area contributed by atoms with E-state index in [1.54, 1.807) is 18.2 Å². The molecule has 0 radical (unpaired) electrons. The second-order valence-electron chi connectivity index (χ2n) is 4.97. The molecule has 0 saturated carbocycles. The van der Waals surface area contributed by atoms with E-state index in [4.69, 9.17) is 0 Å². The van der Waals surface area contributed by atoms with Gasteiger partial charge in [-0.15, -0.1) is 0 Å². The van der Waals surface area contributed by atoms with Crippen molar-refractivity contribution in [2.75, 3.05) is 11.9 Å². The lowest BCUT2D eigenvalue weighted by Crippen LogP contribution is -2.42. The van der Waals surface area contributed by atoms with Crippen LogP contribution in [0.25, 0.3) is 0 Å². The minimum Gasteiger partial charge on any atom is -0.363 e. The molecule has 7 heteroatoms. The normalized spacial score (nSPS) is 10.5. The van der Waals surface area contributed by atoms with Gasteiger partial charge in [-0.05, 0) is 32.0 Å². The Morgan fingerprint density at radius 1 is 1.36 bits per heavy atom. The van der Waals surface area contributed by atoms with Crippen molar-refractivity contribution in [3.8, 4) is 0 Å². The van der Waals surface area contributed by atoms with Crippen LogP contribution in [0.15, 0.2) is 45.6 Å². The van der Waals surface area contributed by atoms with Gasteiger partial charge in [0.1, 0.15) is 12.8 Å². The first-order valence-electron chi connectivity index (χ1n) is 6.74. The van der Waals surface area contributed by atoms with Crippen LogP contribution >= 0.6 is 15.9 Å². The molecule has 0 unspecified atom stereocenters. The van der Waals surface area contributed by atoms with Crippen LogP contribution in [0.2, 0.25) is 0 Å². The van der Waals surface area contributed by atoms with Crippen LogP contribution < -0.4 is 5.32 Å². The van der Waals surface area contributed by atoms with Gasteiger partial charge in [0.25, 0.3) is 5.91 Å². The van der Waals surface area contributed by atoms with Crippen molar-refractivity contribution in [2.24, 2.45) is 0 Å². The molecule has 0 saturated heterocycles. The predicted octanol–water partition coefficient (Wildman–Crippen LogP) is 2.93. The van der Waals surface area contributed by atoms with Gasteiger partial charge in [-0.25, -0.2) is 0 Å². The van der Waals surface area contributed by atoms with Crippen molar-refractivity contribution in [3.63, 3.8) is 0 Å². The Morgan fingerprint density at radius 3 is 2.73 bits per heavy atom. The average molecular weight is 366 g/mol. The molecule has 6 nitrogen and oxygen atoms in total. The van der Waals surface area contributed by atoms with Crippen molar-refractivity contribution in [1.82, 2.24) is 10.1 Å². The molecule has 0 aliphatic rings. The number of hydrogen-bond acceptors (Lipinski definition) is 4. The monoisotopic (exact) mass is 365 g/mol. The highest BCUT2D eigenvalue weighted by Gasteiger charge is 2.22. The summed E-state index contributed by atoms with van der Waals surface area (Å²) in [5.74, 6) is -0.207. The Bertz CT molecular complexity index is 656. The fourth-order valence-electron chi connectivity index (χ4n) is 1.89. The molecule has 2 aromatic rings. The highest BCUT2D eigenvalue weighted by molar-refractivity contribution is 9.10. The molecule has 0 bridgehead atoms. The van der Waals surface area contributed by atoms with E-state index in [0.717, 1.165) is 4.47 Å². The standard InChI is InChI=1S/C15H16BrN3O3/c1-10(2)19(9-14(20)17-13-6-7-22-18-13)15(21)11-4-3-5-12(16)8-11/h3-8,10H,9H2,1-2H3,(H,17,18,20). The number of nitrogens with zero attached hydrogens (tertiary/aromatic N) is 2. The number of benzene rings is 1. The lowest BCUT2D eigenvalue weighted by Gasteiger charge is -2.26. The molecular formula is C15H16BrN3O3. The third kappa shape index (κ3) is 4.17. The maximum absolute atomic E-state index is 12.6. The summed E-state index contributed by atoms with van der Waals surface area (Å²) < 4.78 is 5.46. The van der Waals surface area contributed by atoms with Crippen molar-refractivity contribution in [3.05, 3.63) is 46.6 Å². The zero-order valence-corrected chi connectivity index (χ0v) is 13.8. The Hall–Kier alpha value is -2.15. The second-order valence-corrected chi connectivity index (χ2v) is 5.89. The van der Waals surface area contributed by atoms with Crippen molar-refractivity contribution < 1.29 is 14.1 Å². The molecule has 0 fully saturated rings. The molecule has 1 aromatic heterocycles. The molecule has 0 aliphatic heterocycles. The van der Waals surface area contributed by atoms with Crippen LogP contribution in [0.1, 0.15) is 24.2 Å². The minimum atomic E-state index is -0.328. The average Bonchev–Trinajstić information content (AvgIpc) is 2.96. The molecule has 0 atom stereocenters. The SMILES string of the molecule is CC(C)N(CC(=O)Nc1ccon1)C(=O)c1cccc(Br)c1. The van der Waals surface area contributed by atoms with E-state index in [1.165, 1.54) is 17.2 Å². The molecule has 1 heterocycles. The van der Waals surface area contributed by atoms with Crippen molar-refractivity contribution in [2.45, 2.75) is 19.9 Å². The van der Waals surface area contributed by atoms with Crippen LogP contribution in [0.5, 0.6) is 0 Å². The first-order valence-corrected chi connectivity index (χ1v) is 7.53. The maximum Gasteiger partial charge on any atom is 0.254 e. The number of halogens is 1. The molecule has 0 spiro atoms. The summed E-state index contributed by atoms with van der Waals surface area (Å²) >= 11 is 3.34. The first-order chi connectivity index (χ1) is 10.5. The van der Waals surface area contributed by atoms with Crippen LogP contribution in [-0.4, -0.2) is 34.5 Å². The number of carbonyl (C=O) groups is 2. The maximum atomic E-state index is 12.6. The van der Waals surface area contributed by atoms with Gasteiger partial charge >= 0.3 is 0 Å². The second kappa shape index (κ2) is 7.22. The molecule has 2 rings (SSSR count). The molecule has 0 aliphatic carbocycles. The molecule has 1 aromatic carbocycles. The van der Waals surface area contributed by atoms with Gasteiger partial charge in [-0.2, -0.15) is 0 Å². The number of amides is 2. The Labute approximate surface area is 136 Å².